The van der Waals surface area contributed by atoms with Crippen molar-refractivity contribution in [1.82, 2.24) is 23.1 Å². The molecule has 8 nitrogen and oxygen atoms in total. The number of para-hydroxylation sites is 2. The summed E-state index contributed by atoms with van der Waals surface area (Å²) in [5, 5.41) is 10.4. The van der Waals surface area contributed by atoms with Gasteiger partial charge in [0.1, 0.15) is 5.75 Å². The fourth-order valence-corrected chi connectivity index (χ4v) is 3.78. The molecule has 3 heterocycles. The van der Waals surface area contributed by atoms with Crippen molar-refractivity contribution in [2.75, 3.05) is 0 Å². The molecule has 4 rings (SSSR count). The standard InChI is InChI=1S/C21H25N5O3/c1-12(2)10-11-24-19(28)17-18(23(5)21(24)29)22-20-25(13(3)14(4)26(17)20)15-8-6-7-9-16(15)27/h6-9,12,27H,10-11H2,1-5H3. The molecule has 0 radical (unpaired) electrons. The van der Waals surface area contributed by atoms with E-state index in [-0.39, 0.29) is 17.0 Å². The van der Waals surface area contributed by atoms with Crippen molar-refractivity contribution in [3.05, 3.63) is 56.5 Å². The first kappa shape index (κ1) is 19.0. The minimum absolute atomic E-state index is 0.114. The molecule has 152 valence electrons. The number of aromatic hydroxyl groups is 1. The van der Waals surface area contributed by atoms with Crippen LogP contribution in [0.2, 0.25) is 0 Å². The first-order valence-electron chi connectivity index (χ1n) is 9.72. The van der Waals surface area contributed by atoms with Gasteiger partial charge in [0.25, 0.3) is 5.56 Å². The molecule has 4 aromatic rings. The van der Waals surface area contributed by atoms with E-state index in [1.807, 2.05) is 24.5 Å². The van der Waals surface area contributed by atoms with Crippen LogP contribution in [-0.4, -0.2) is 28.2 Å². The van der Waals surface area contributed by atoms with Gasteiger partial charge in [0.2, 0.25) is 5.78 Å². The maximum atomic E-state index is 13.3. The lowest BCUT2D eigenvalue weighted by Gasteiger charge is -2.10. The molecular formula is C21H25N5O3. The molecule has 0 aliphatic carbocycles. The van der Waals surface area contributed by atoms with Gasteiger partial charge in [-0.1, -0.05) is 26.0 Å². The van der Waals surface area contributed by atoms with Gasteiger partial charge in [-0.25, -0.2) is 4.79 Å². The average molecular weight is 395 g/mol. The molecule has 0 aliphatic heterocycles. The lowest BCUT2D eigenvalue weighted by atomic mass is 10.1. The van der Waals surface area contributed by atoms with Crippen LogP contribution in [0.4, 0.5) is 0 Å². The zero-order chi connectivity index (χ0) is 21.0. The number of hydrogen-bond donors (Lipinski definition) is 1. The number of phenols is 1. The fourth-order valence-electron chi connectivity index (χ4n) is 3.78. The largest absolute Gasteiger partial charge is 0.506 e. The van der Waals surface area contributed by atoms with Gasteiger partial charge in [-0.2, -0.15) is 4.98 Å². The Bertz CT molecular complexity index is 1370. The van der Waals surface area contributed by atoms with Crippen LogP contribution in [0.25, 0.3) is 22.6 Å². The Kier molecular flexibility index (Phi) is 4.37. The van der Waals surface area contributed by atoms with Gasteiger partial charge in [0.15, 0.2) is 11.2 Å². The van der Waals surface area contributed by atoms with E-state index in [1.165, 1.54) is 9.13 Å². The van der Waals surface area contributed by atoms with Crippen molar-refractivity contribution >= 4 is 16.9 Å². The van der Waals surface area contributed by atoms with Gasteiger partial charge in [-0.3, -0.25) is 22.9 Å². The molecule has 1 N–H and O–H groups in total. The van der Waals surface area contributed by atoms with Gasteiger partial charge < -0.3 is 5.11 Å². The smallest absolute Gasteiger partial charge is 0.332 e. The predicted octanol–water partition coefficient (Wildman–Crippen LogP) is 2.51. The van der Waals surface area contributed by atoms with Crippen molar-refractivity contribution in [3.8, 4) is 11.4 Å². The first-order chi connectivity index (χ1) is 13.7. The van der Waals surface area contributed by atoms with Crippen molar-refractivity contribution in [2.24, 2.45) is 13.0 Å². The number of phenolic OH excluding ortho intramolecular Hbond substituents is 1. The van der Waals surface area contributed by atoms with Crippen molar-refractivity contribution in [1.29, 1.82) is 0 Å². The summed E-state index contributed by atoms with van der Waals surface area (Å²) in [6.45, 7) is 8.31. The Morgan fingerprint density at radius 2 is 1.79 bits per heavy atom. The van der Waals surface area contributed by atoms with Crippen LogP contribution in [0.1, 0.15) is 31.7 Å². The summed E-state index contributed by atoms with van der Waals surface area (Å²) in [7, 11) is 1.63. The maximum Gasteiger partial charge on any atom is 0.332 e. The zero-order valence-electron chi connectivity index (χ0n) is 17.3. The van der Waals surface area contributed by atoms with Crippen LogP contribution in [0.15, 0.2) is 33.9 Å². The van der Waals surface area contributed by atoms with E-state index in [9.17, 15) is 14.7 Å². The number of imidazole rings is 2. The number of hydrogen-bond acceptors (Lipinski definition) is 4. The second-order valence-corrected chi connectivity index (χ2v) is 7.90. The molecule has 29 heavy (non-hydrogen) atoms. The molecule has 0 unspecified atom stereocenters. The summed E-state index contributed by atoms with van der Waals surface area (Å²) < 4.78 is 6.31. The molecule has 3 aromatic heterocycles. The molecule has 1 aromatic carbocycles. The van der Waals surface area contributed by atoms with E-state index in [1.54, 1.807) is 29.6 Å². The van der Waals surface area contributed by atoms with Crippen molar-refractivity contribution < 1.29 is 5.11 Å². The van der Waals surface area contributed by atoms with Gasteiger partial charge in [-0.05, 0) is 38.3 Å². The third-order valence-corrected chi connectivity index (χ3v) is 5.57. The van der Waals surface area contributed by atoms with Crippen LogP contribution in [-0.2, 0) is 13.6 Å². The molecule has 0 bridgehead atoms. The molecule has 0 fully saturated rings. The molecule has 0 saturated heterocycles. The first-order valence-corrected chi connectivity index (χ1v) is 9.72. The molecular weight excluding hydrogens is 370 g/mol. The van der Waals surface area contributed by atoms with Crippen LogP contribution >= 0.6 is 0 Å². The van der Waals surface area contributed by atoms with Crippen LogP contribution in [0.5, 0.6) is 5.75 Å². The Labute approximate surface area is 167 Å². The zero-order valence-corrected chi connectivity index (χ0v) is 17.3. The third kappa shape index (κ3) is 2.70. The second-order valence-electron chi connectivity index (χ2n) is 7.90. The number of aromatic nitrogens is 5. The van der Waals surface area contributed by atoms with Gasteiger partial charge in [0, 0.05) is 25.0 Å². The summed E-state index contributed by atoms with van der Waals surface area (Å²) in [4.78, 5) is 30.7. The Hall–Kier alpha value is -3.29. The lowest BCUT2D eigenvalue weighted by Crippen LogP contribution is -2.39. The molecule has 0 spiro atoms. The fraction of sp³-hybridized carbons (Fsp3) is 0.381. The highest BCUT2D eigenvalue weighted by atomic mass is 16.3. The number of benzene rings is 1. The number of fused-ring (bicyclic) bond motifs is 3. The van der Waals surface area contributed by atoms with Crippen LogP contribution in [0, 0.1) is 19.8 Å². The summed E-state index contributed by atoms with van der Waals surface area (Å²) in [6, 6.07) is 6.98. The van der Waals surface area contributed by atoms with Crippen molar-refractivity contribution in [2.45, 2.75) is 40.7 Å². The highest BCUT2D eigenvalue weighted by Gasteiger charge is 2.24. The highest BCUT2D eigenvalue weighted by Crippen LogP contribution is 2.29. The molecule has 0 saturated carbocycles. The SMILES string of the molecule is Cc1c(C)n2c3c(=O)n(CCC(C)C)c(=O)n(C)c3nc2n1-c1ccccc1O. The minimum Gasteiger partial charge on any atom is -0.506 e. The molecule has 0 atom stereocenters. The number of nitrogens with zero attached hydrogens (tertiary/aromatic N) is 5. The van der Waals surface area contributed by atoms with E-state index >= 15 is 0 Å². The Morgan fingerprint density at radius 3 is 2.45 bits per heavy atom. The summed E-state index contributed by atoms with van der Waals surface area (Å²) in [5.74, 6) is 0.979. The monoisotopic (exact) mass is 395 g/mol. The third-order valence-electron chi connectivity index (χ3n) is 5.57. The van der Waals surface area contributed by atoms with E-state index in [4.69, 9.17) is 0 Å². The molecule has 0 aliphatic rings. The quantitative estimate of drug-likeness (QED) is 0.575. The Balaban J connectivity index is 2.13. The van der Waals surface area contributed by atoms with Gasteiger partial charge in [-0.15, -0.1) is 0 Å². The van der Waals surface area contributed by atoms with Crippen LogP contribution in [0.3, 0.4) is 0 Å². The number of rotatable bonds is 4. The van der Waals surface area contributed by atoms with E-state index in [2.05, 4.69) is 18.8 Å². The topological polar surface area (TPSA) is 86.5 Å². The lowest BCUT2D eigenvalue weighted by molar-refractivity contribution is 0.472. The average Bonchev–Trinajstić information content (AvgIpc) is 3.17. The Morgan fingerprint density at radius 1 is 1.10 bits per heavy atom. The predicted molar refractivity (Wildman–Crippen MR) is 112 cm³/mol. The molecule has 8 heteroatoms. The normalized spacial score (nSPS) is 11.9. The minimum atomic E-state index is -0.368. The van der Waals surface area contributed by atoms with Crippen LogP contribution < -0.4 is 11.2 Å². The van der Waals surface area contributed by atoms with Gasteiger partial charge >= 0.3 is 5.69 Å². The summed E-state index contributed by atoms with van der Waals surface area (Å²) >= 11 is 0. The van der Waals surface area contributed by atoms with E-state index in [0.29, 0.717) is 35.1 Å². The number of aryl methyl sites for hydroxylation is 2. The van der Waals surface area contributed by atoms with E-state index < -0.39 is 0 Å². The van der Waals surface area contributed by atoms with E-state index in [0.717, 1.165) is 17.8 Å². The summed E-state index contributed by atoms with van der Waals surface area (Å²) in [6.07, 6.45) is 0.736. The maximum absolute atomic E-state index is 13.3. The van der Waals surface area contributed by atoms with Gasteiger partial charge in [0.05, 0.1) is 5.69 Å². The second kappa shape index (κ2) is 6.65. The summed E-state index contributed by atoms with van der Waals surface area (Å²) in [5.41, 5.74) is 2.27. The highest BCUT2D eigenvalue weighted by molar-refractivity contribution is 5.77. The molecule has 0 amide bonds. The van der Waals surface area contributed by atoms with Crippen molar-refractivity contribution in [3.63, 3.8) is 0 Å².